The third-order valence-electron chi connectivity index (χ3n) is 3.01. The molecular formula is C10H12ClF3O2. The van der Waals surface area contributed by atoms with E-state index in [0.29, 0.717) is 0 Å². The van der Waals surface area contributed by atoms with E-state index in [9.17, 15) is 18.0 Å². The van der Waals surface area contributed by atoms with Crippen molar-refractivity contribution in [2.75, 3.05) is 6.61 Å². The third-order valence-corrected chi connectivity index (χ3v) is 3.35. The van der Waals surface area contributed by atoms with Gasteiger partial charge in [-0.2, -0.15) is 13.2 Å². The van der Waals surface area contributed by atoms with Crippen molar-refractivity contribution in [2.45, 2.75) is 20.0 Å². The van der Waals surface area contributed by atoms with E-state index in [1.165, 1.54) is 0 Å². The minimum absolute atomic E-state index is 0.446. The molecule has 0 bridgehead atoms. The summed E-state index contributed by atoms with van der Waals surface area (Å²) < 4.78 is 36.5. The third kappa shape index (κ3) is 2.40. The fraction of sp³-hybridized carbons (Fsp3) is 0.700. The fourth-order valence-corrected chi connectivity index (χ4v) is 2.09. The van der Waals surface area contributed by atoms with Gasteiger partial charge >= 0.3 is 6.18 Å². The average Bonchev–Trinajstić information content (AvgIpc) is 2.65. The lowest BCUT2D eigenvalue weighted by atomic mass is 10.1. The number of carbonyl (C=O) groups excluding carboxylic acids is 1. The summed E-state index contributed by atoms with van der Waals surface area (Å²) in [7, 11) is 0. The number of carbonyl (C=O) groups is 1. The lowest BCUT2D eigenvalue weighted by Crippen LogP contribution is -2.10. The van der Waals surface area contributed by atoms with Crippen LogP contribution in [0.15, 0.2) is 11.1 Å². The van der Waals surface area contributed by atoms with Gasteiger partial charge < -0.3 is 5.11 Å². The second-order valence-electron chi connectivity index (χ2n) is 4.46. The molecule has 1 rings (SSSR count). The molecule has 1 saturated carbocycles. The van der Waals surface area contributed by atoms with Crippen LogP contribution in [0.3, 0.4) is 0 Å². The standard InChI is InChI=1S/C10H12ClF3O2/c1-9(2)5(8(9)6(16)4-15)3-7(11)10(12,13)14/h3,5,8,15H,4H2,1-2H3/b7-3+/t5-,8-/m1/s1. The number of ketones is 1. The Morgan fingerprint density at radius 1 is 1.50 bits per heavy atom. The van der Waals surface area contributed by atoms with Gasteiger partial charge in [-0.1, -0.05) is 31.5 Å². The summed E-state index contributed by atoms with van der Waals surface area (Å²) in [5.41, 5.74) is -0.564. The normalized spacial score (nSPS) is 29.1. The Bertz CT molecular complexity index is 333. The van der Waals surface area contributed by atoms with Crippen molar-refractivity contribution in [3.8, 4) is 0 Å². The van der Waals surface area contributed by atoms with Crippen LogP contribution >= 0.6 is 11.6 Å². The van der Waals surface area contributed by atoms with E-state index in [4.69, 9.17) is 16.7 Å². The lowest BCUT2D eigenvalue weighted by Gasteiger charge is -2.04. The highest BCUT2D eigenvalue weighted by atomic mass is 35.5. The summed E-state index contributed by atoms with van der Waals surface area (Å²) in [4.78, 5) is 11.2. The van der Waals surface area contributed by atoms with Gasteiger partial charge in [0.25, 0.3) is 0 Å². The van der Waals surface area contributed by atoms with E-state index < -0.39 is 40.8 Å². The molecule has 16 heavy (non-hydrogen) atoms. The second kappa shape index (κ2) is 4.04. The van der Waals surface area contributed by atoms with Crippen molar-refractivity contribution < 1.29 is 23.1 Å². The molecular weight excluding hydrogens is 245 g/mol. The quantitative estimate of drug-likeness (QED) is 0.842. The highest BCUT2D eigenvalue weighted by molar-refractivity contribution is 6.30. The Hall–Kier alpha value is -0.550. The number of rotatable bonds is 3. The molecule has 1 N–H and O–H groups in total. The van der Waals surface area contributed by atoms with Crippen LogP contribution in [0.1, 0.15) is 13.8 Å². The topological polar surface area (TPSA) is 37.3 Å². The monoisotopic (exact) mass is 256 g/mol. The number of allylic oxidation sites excluding steroid dienone is 2. The smallest absolute Gasteiger partial charge is 0.389 e. The van der Waals surface area contributed by atoms with Gasteiger partial charge in [0.05, 0.1) is 0 Å². The zero-order valence-corrected chi connectivity index (χ0v) is 9.56. The van der Waals surface area contributed by atoms with Crippen LogP contribution in [0.4, 0.5) is 13.2 Å². The molecule has 0 aromatic carbocycles. The summed E-state index contributed by atoms with van der Waals surface area (Å²) >= 11 is 5.09. The number of hydrogen-bond donors (Lipinski definition) is 1. The molecule has 0 amide bonds. The van der Waals surface area contributed by atoms with E-state index in [1.54, 1.807) is 13.8 Å². The highest BCUT2D eigenvalue weighted by Crippen LogP contribution is 2.60. The Morgan fingerprint density at radius 3 is 2.38 bits per heavy atom. The van der Waals surface area contributed by atoms with Gasteiger partial charge in [-0.25, -0.2) is 0 Å². The molecule has 0 aromatic heterocycles. The van der Waals surface area contributed by atoms with Gasteiger partial charge in [0, 0.05) is 5.92 Å². The molecule has 0 unspecified atom stereocenters. The Kier molecular flexibility index (Phi) is 3.41. The van der Waals surface area contributed by atoms with E-state index in [-0.39, 0.29) is 0 Å². The Labute approximate surface area is 96.1 Å². The number of aliphatic hydroxyl groups excluding tert-OH is 1. The van der Waals surface area contributed by atoms with Gasteiger partial charge in [-0.15, -0.1) is 0 Å². The molecule has 0 saturated heterocycles. The first-order chi connectivity index (χ1) is 7.12. The molecule has 1 aliphatic rings. The zero-order chi connectivity index (χ0) is 12.7. The first kappa shape index (κ1) is 13.5. The van der Waals surface area contributed by atoms with Crippen LogP contribution in [0.5, 0.6) is 0 Å². The maximum atomic E-state index is 12.2. The van der Waals surface area contributed by atoms with Crippen LogP contribution < -0.4 is 0 Å². The fourth-order valence-electron chi connectivity index (χ4n) is 1.95. The molecule has 0 heterocycles. The number of hydrogen-bond acceptors (Lipinski definition) is 2. The first-order valence-corrected chi connectivity index (χ1v) is 5.08. The van der Waals surface area contributed by atoms with Crippen LogP contribution in [0.2, 0.25) is 0 Å². The second-order valence-corrected chi connectivity index (χ2v) is 4.87. The number of aliphatic hydroxyl groups is 1. The summed E-state index contributed by atoms with van der Waals surface area (Å²) in [6, 6.07) is 0. The molecule has 0 aliphatic heterocycles. The van der Waals surface area contributed by atoms with Crippen LogP contribution in [-0.4, -0.2) is 23.7 Å². The van der Waals surface area contributed by atoms with Crippen LogP contribution in [0, 0.1) is 17.3 Å². The molecule has 2 atom stereocenters. The lowest BCUT2D eigenvalue weighted by molar-refractivity contribution is -0.123. The van der Waals surface area contributed by atoms with Gasteiger partial charge in [-0.05, 0) is 11.3 Å². The maximum Gasteiger partial charge on any atom is 0.426 e. The number of alkyl halides is 3. The summed E-state index contributed by atoms with van der Waals surface area (Å²) in [6.45, 7) is 2.70. The molecule has 6 heteroatoms. The van der Waals surface area contributed by atoms with Gasteiger partial charge in [-0.3, -0.25) is 4.79 Å². The van der Waals surface area contributed by atoms with Crippen molar-refractivity contribution in [1.29, 1.82) is 0 Å². The molecule has 1 fully saturated rings. The molecule has 1 aliphatic carbocycles. The van der Waals surface area contributed by atoms with Gasteiger partial charge in [0.15, 0.2) is 5.78 Å². The van der Waals surface area contributed by atoms with Gasteiger partial charge in [0.2, 0.25) is 0 Å². The summed E-state index contributed by atoms with van der Waals surface area (Å²) in [5.74, 6) is -1.58. The number of halogens is 4. The van der Waals surface area contributed by atoms with E-state index in [1.807, 2.05) is 0 Å². The zero-order valence-electron chi connectivity index (χ0n) is 8.81. The first-order valence-electron chi connectivity index (χ1n) is 4.70. The minimum Gasteiger partial charge on any atom is -0.389 e. The predicted molar refractivity (Wildman–Crippen MR) is 52.8 cm³/mol. The van der Waals surface area contributed by atoms with E-state index >= 15 is 0 Å². The SMILES string of the molecule is CC1(C)[C@H](/C=C(/Cl)C(F)(F)F)[C@@H]1C(=O)CO. The van der Waals surface area contributed by atoms with Crippen molar-refractivity contribution >= 4 is 17.4 Å². The molecule has 0 radical (unpaired) electrons. The van der Waals surface area contributed by atoms with Crippen molar-refractivity contribution in [3.63, 3.8) is 0 Å². The predicted octanol–water partition coefficient (Wildman–Crippen LogP) is 2.51. The minimum atomic E-state index is -4.58. The molecule has 0 aromatic rings. The summed E-state index contributed by atoms with van der Waals surface area (Å²) in [5, 5.41) is 7.45. The molecule has 0 spiro atoms. The molecule has 2 nitrogen and oxygen atoms in total. The van der Waals surface area contributed by atoms with Gasteiger partial charge in [0.1, 0.15) is 11.6 Å². The van der Waals surface area contributed by atoms with Crippen molar-refractivity contribution in [3.05, 3.63) is 11.1 Å². The Balaban J connectivity index is 2.83. The maximum absolute atomic E-state index is 12.2. The number of Topliss-reactive ketones (excluding diaryl/α,β-unsaturated/α-hetero) is 1. The van der Waals surface area contributed by atoms with Crippen LogP contribution in [-0.2, 0) is 4.79 Å². The van der Waals surface area contributed by atoms with Crippen LogP contribution in [0.25, 0.3) is 0 Å². The van der Waals surface area contributed by atoms with Crippen molar-refractivity contribution in [2.24, 2.45) is 17.3 Å². The average molecular weight is 257 g/mol. The van der Waals surface area contributed by atoms with E-state index in [2.05, 4.69) is 0 Å². The van der Waals surface area contributed by atoms with E-state index in [0.717, 1.165) is 6.08 Å². The summed E-state index contributed by atoms with van der Waals surface area (Å²) in [6.07, 6.45) is -3.72. The highest BCUT2D eigenvalue weighted by Gasteiger charge is 2.60. The molecule has 92 valence electrons. The Morgan fingerprint density at radius 2 is 2.00 bits per heavy atom. The van der Waals surface area contributed by atoms with Crippen molar-refractivity contribution in [1.82, 2.24) is 0 Å². The largest absolute Gasteiger partial charge is 0.426 e.